The Labute approximate surface area is 53.9 Å². The van der Waals surface area contributed by atoms with Gasteiger partial charge in [0.05, 0.1) is 13.2 Å². The van der Waals surface area contributed by atoms with Crippen molar-refractivity contribution in [2.45, 2.75) is 12.5 Å². The summed E-state index contributed by atoms with van der Waals surface area (Å²) in [5.41, 5.74) is 0. The van der Waals surface area contributed by atoms with E-state index in [0.717, 1.165) is 0 Å². The van der Waals surface area contributed by atoms with E-state index in [1.165, 1.54) is 0 Å². The third-order valence-electron chi connectivity index (χ3n) is 1.34. The molecule has 1 aliphatic rings. The zero-order chi connectivity index (χ0) is 6.69. The lowest BCUT2D eigenvalue weighted by Gasteiger charge is -2.03. The maximum atomic E-state index is 10.8. The molecule has 52 valence electrons. The molecule has 0 aromatic heterocycles. The predicted octanol–water partition coefficient (Wildman–Crippen LogP) is -0.00920. The third-order valence-corrected chi connectivity index (χ3v) is 1.34. The van der Waals surface area contributed by atoms with Crippen LogP contribution in [0, 0.1) is 0 Å². The van der Waals surface area contributed by atoms with E-state index < -0.39 is 0 Å². The Bertz CT molecular complexity index is 111. The Morgan fingerprint density at radius 3 is 3.11 bits per heavy atom. The Hall–Kier alpha value is -0.410. The lowest BCUT2D eigenvalue weighted by Crippen LogP contribution is -2.20. The minimum atomic E-state index is -0.282. The van der Waals surface area contributed by atoms with Gasteiger partial charge >= 0.3 is 0 Å². The summed E-state index contributed by atoms with van der Waals surface area (Å²) >= 11 is 0. The van der Waals surface area contributed by atoms with Crippen molar-refractivity contribution in [2.24, 2.45) is 0 Å². The first-order valence-electron chi connectivity index (χ1n) is 2.98. The standard InChI is InChI=1S/C6H10O3/c1-8-4-6-5(7)2-3-9-6/h6H,2-4H2,1H3. The van der Waals surface area contributed by atoms with Gasteiger partial charge in [-0.2, -0.15) is 0 Å². The zero-order valence-corrected chi connectivity index (χ0v) is 5.42. The molecular formula is C6H10O3. The lowest BCUT2D eigenvalue weighted by atomic mass is 10.2. The Kier molecular flexibility index (Phi) is 2.19. The van der Waals surface area contributed by atoms with Crippen LogP contribution in [-0.4, -0.2) is 32.2 Å². The van der Waals surface area contributed by atoms with Crippen molar-refractivity contribution in [3.05, 3.63) is 0 Å². The molecule has 1 unspecified atom stereocenters. The first-order chi connectivity index (χ1) is 4.34. The number of hydrogen-bond acceptors (Lipinski definition) is 3. The second-order valence-corrected chi connectivity index (χ2v) is 2.03. The van der Waals surface area contributed by atoms with Crippen LogP contribution < -0.4 is 0 Å². The molecule has 0 aromatic carbocycles. The first-order valence-corrected chi connectivity index (χ1v) is 2.98. The van der Waals surface area contributed by atoms with Crippen LogP contribution >= 0.6 is 0 Å². The summed E-state index contributed by atoms with van der Waals surface area (Å²) in [5, 5.41) is 0. The number of Topliss-reactive ketones (excluding diaryl/α,β-unsaturated/α-hetero) is 1. The summed E-state index contributed by atoms with van der Waals surface area (Å²) in [6.07, 6.45) is 0.267. The van der Waals surface area contributed by atoms with E-state index >= 15 is 0 Å². The molecule has 1 heterocycles. The molecule has 0 bridgehead atoms. The fourth-order valence-electron chi connectivity index (χ4n) is 0.848. The average molecular weight is 130 g/mol. The van der Waals surface area contributed by atoms with Gasteiger partial charge in [-0.05, 0) is 0 Å². The van der Waals surface area contributed by atoms with Gasteiger partial charge in [0, 0.05) is 13.5 Å². The van der Waals surface area contributed by atoms with Crippen molar-refractivity contribution in [3.8, 4) is 0 Å². The highest BCUT2D eigenvalue weighted by atomic mass is 16.5. The molecule has 9 heavy (non-hydrogen) atoms. The highest BCUT2D eigenvalue weighted by Crippen LogP contribution is 2.07. The third kappa shape index (κ3) is 1.50. The summed E-state index contributed by atoms with van der Waals surface area (Å²) in [6.45, 7) is 0.964. The van der Waals surface area contributed by atoms with Gasteiger partial charge < -0.3 is 9.47 Å². The van der Waals surface area contributed by atoms with Crippen molar-refractivity contribution in [2.75, 3.05) is 20.3 Å². The number of ketones is 1. The van der Waals surface area contributed by atoms with Crippen LogP contribution in [0.5, 0.6) is 0 Å². The summed E-state index contributed by atoms with van der Waals surface area (Å²) < 4.78 is 9.78. The number of methoxy groups -OCH3 is 1. The maximum Gasteiger partial charge on any atom is 0.166 e. The van der Waals surface area contributed by atoms with Crippen LogP contribution in [0.1, 0.15) is 6.42 Å². The fourth-order valence-corrected chi connectivity index (χ4v) is 0.848. The number of rotatable bonds is 2. The molecule has 1 rings (SSSR count). The Balaban J connectivity index is 2.31. The van der Waals surface area contributed by atoms with Gasteiger partial charge in [-0.3, -0.25) is 4.79 Å². The van der Waals surface area contributed by atoms with Gasteiger partial charge in [0.15, 0.2) is 5.78 Å². The van der Waals surface area contributed by atoms with E-state index in [9.17, 15) is 4.79 Å². The van der Waals surface area contributed by atoms with E-state index in [1.807, 2.05) is 0 Å². The van der Waals surface area contributed by atoms with Crippen molar-refractivity contribution in [3.63, 3.8) is 0 Å². The van der Waals surface area contributed by atoms with Crippen LogP contribution in [0.2, 0.25) is 0 Å². The van der Waals surface area contributed by atoms with Gasteiger partial charge in [-0.1, -0.05) is 0 Å². The number of ether oxygens (including phenoxy) is 2. The van der Waals surface area contributed by atoms with Crippen molar-refractivity contribution in [1.29, 1.82) is 0 Å². The minimum absolute atomic E-state index is 0.164. The lowest BCUT2D eigenvalue weighted by molar-refractivity contribution is -0.124. The fraction of sp³-hybridized carbons (Fsp3) is 0.833. The normalized spacial score (nSPS) is 27.2. The molecule has 0 aromatic rings. The molecule has 0 N–H and O–H groups in total. The van der Waals surface area contributed by atoms with Gasteiger partial charge in [-0.15, -0.1) is 0 Å². The topological polar surface area (TPSA) is 35.5 Å². The quantitative estimate of drug-likeness (QED) is 0.527. The predicted molar refractivity (Wildman–Crippen MR) is 31.2 cm³/mol. The van der Waals surface area contributed by atoms with Gasteiger partial charge in [-0.25, -0.2) is 0 Å². The molecule has 1 aliphatic heterocycles. The van der Waals surface area contributed by atoms with Crippen LogP contribution in [0.4, 0.5) is 0 Å². The summed E-state index contributed by atoms with van der Waals surface area (Å²) in [7, 11) is 1.56. The molecule has 0 aliphatic carbocycles. The van der Waals surface area contributed by atoms with Gasteiger partial charge in [0.25, 0.3) is 0 Å². The number of carbonyl (C=O) groups excluding carboxylic acids is 1. The van der Waals surface area contributed by atoms with E-state index in [0.29, 0.717) is 19.6 Å². The van der Waals surface area contributed by atoms with E-state index in [-0.39, 0.29) is 11.9 Å². The van der Waals surface area contributed by atoms with E-state index in [2.05, 4.69) is 0 Å². The van der Waals surface area contributed by atoms with Crippen LogP contribution in [-0.2, 0) is 14.3 Å². The SMILES string of the molecule is COCC1OCCC1=O. The molecule has 0 radical (unpaired) electrons. The minimum Gasteiger partial charge on any atom is -0.382 e. The Morgan fingerprint density at radius 1 is 1.89 bits per heavy atom. The number of hydrogen-bond donors (Lipinski definition) is 0. The monoisotopic (exact) mass is 130 g/mol. The largest absolute Gasteiger partial charge is 0.382 e. The summed E-state index contributed by atoms with van der Waals surface area (Å²) in [6, 6.07) is 0. The molecule has 0 spiro atoms. The van der Waals surface area contributed by atoms with Gasteiger partial charge in [0.1, 0.15) is 6.10 Å². The molecule has 1 fully saturated rings. The van der Waals surface area contributed by atoms with Crippen LogP contribution in [0.3, 0.4) is 0 Å². The van der Waals surface area contributed by atoms with Gasteiger partial charge in [0.2, 0.25) is 0 Å². The molecule has 1 saturated heterocycles. The second kappa shape index (κ2) is 2.94. The second-order valence-electron chi connectivity index (χ2n) is 2.03. The molecular weight excluding hydrogens is 120 g/mol. The molecule has 3 heteroatoms. The molecule has 0 saturated carbocycles. The summed E-state index contributed by atoms with van der Waals surface area (Å²) in [5.74, 6) is 0.164. The highest BCUT2D eigenvalue weighted by molar-refractivity contribution is 5.84. The number of carbonyl (C=O) groups is 1. The smallest absolute Gasteiger partial charge is 0.166 e. The maximum absolute atomic E-state index is 10.8. The Morgan fingerprint density at radius 2 is 2.67 bits per heavy atom. The van der Waals surface area contributed by atoms with Crippen molar-refractivity contribution >= 4 is 5.78 Å². The van der Waals surface area contributed by atoms with Crippen molar-refractivity contribution in [1.82, 2.24) is 0 Å². The van der Waals surface area contributed by atoms with Crippen molar-refractivity contribution < 1.29 is 14.3 Å². The molecule has 0 amide bonds. The molecule has 3 nitrogen and oxygen atoms in total. The summed E-state index contributed by atoms with van der Waals surface area (Å²) in [4.78, 5) is 10.8. The highest BCUT2D eigenvalue weighted by Gasteiger charge is 2.24. The van der Waals surface area contributed by atoms with E-state index in [4.69, 9.17) is 9.47 Å². The van der Waals surface area contributed by atoms with E-state index in [1.54, 1.807) is 7.11 Å². The average Bonchev–Trinajstić information content (AvgIpc) is 2.18. The molecule has 1 atom stereocenters. The first kappa shape index (κ1) is 6.71. The van der Waals surface area contributed by atoms with Crippen LogP contribution in [0.15, 0.2) is 0 Å². The van der Waals surface area contributed by atoms with Crippen LogP contribution in [0.25, 0.3) is 0 Å². The zero-order valence-electron chi connectivity index (χ0n) is 5.42.